The molecule has 1 aromatic rings. The SMILES string of the molecule is CSCC[C@H](NC(=O)C1CCC(NC(=O)c2ccc[nH]2)CC1)C(=O)O. The summed E-state index contributed by atoms with van der Waals surface area (Å²) in [5, 5.41) is 14.8. The molecule has 1 aliphatic carbocycles. The molecule has 0 aromatic carbocycles. The van der Waals surface area contributed by atoms with E-state index in [1.165, 1.54) is 0 Å². The average Bonchev–Trinajstić information content (AvgIpc) is 3.13. The van der Waals surface area contributed by atoms with E-state index in [4.69, 9.17) is 0 Å². The summed E-state index contributed by atoms with van der Waals surface area (Å²) in [6.45, 7) is 0. The van der Waals surface area contributed by atoms with E-state index >= 15 is 0 Å². The number of carbonyl (C=O) groups is 3. The van der Waals surface area contributed by atoms with Gasteiger partial charge in [0.2, 0.25) is 5.91 Å². The summed E-state index contributed by atoms with van der Waals surface area (Å²) in [6, 6.07) is 2.71. The van der Waals surface area contributed by atoms with Gasteiger partial charge in [0.15, 0.2) is 0 Å². The predicted octanol–water partition coefficient (Wildman–Crippen LogP) is 1.63. The number of carbonyl (C=O) groups excluding carboxylic acids is 2. The molecule has 0 bridgehead atoms. The fourth-order valence-electron chi connectivity index (χ4n) is 3.02. The van der Waals surface area contributed by atoms with Crippen molar-refractivity contribution in [2.45, 2.75) is 44.2 Å². The lowest BCUT2D eigenvalue weighted by Crippen LogP contribution is -2.46. The topological polar surface area (TPSA) is 111 Å². The third-order valence-electron chi connectivity index (χ3n) is 4.50. The summed E-state index contributed by atoms with van der Waals surface area (Å²) >= 11 is 1.56. The van der Waals surface area contributed by atoms with Crippen LogP contribution < -0.4 is 10.6 Å². The highest BCUT2D eigenvalue weighted by molar-refractivity contribution is 7.98. The number of hydrogen-bond donors (Lipinski definition) is 4. The Hall–Kier alpha value is -1.96. The maximum absolute atomic E-state index is 12.3. The number of aliphatic carboxylic acids is 1. The van der Waals surface area contributed by atoms with Gasteiger partial charge in [-0.2, -0.15) is 11.8 Å². The molecule has 0 unspecified atom stereocenters. The summed E-state index contributed by atoms with van der Waals surface area (Å²) in [4.78, 5) is 38.4. The molecule has 1 aliphatic rings. The number of carboxylic acids is 1. The maximum atomic E-state index is 12.3. The van der Waals surface area contributed by atoms with Gasteiger partial charge in [-0.3, -0.25) is 9.59 Å². The van der Waals surface area contributed by atoms with Crippen LogP contribution in [-0.4, -0.2) is 52.0 Å². The molecule has 1 aromatic heterocycles. The van der Waals surface area contributed by atoms with E-state index in [0.717, 1.165) is 0 Å². The molecule has 1 fully saturated rings. The van der Waals surface area contributed by atoms with Gasteiger partial charge in [0.05, 0.1) is 0 Å². The zero-order valence-electron chi connectivity index (χ0n) is 14.3. The molecule has 0 radical (unpaired) electrons. The van der Waals surface area contributed by atoms with Gasteiger partial charge in [-0.15, -0.1) is 0 Å². The first-order chi connectivity index (χ1) is 12.0. The van der Waals surface area contributed by atoms with Gasteiger partial charge in [0, 0.05) is 18.2 Å². The molecule has 0 aliphatic heterocycles. The van der Waals surface area contributed by atoms with Crippen LogP contribution in [0.5, 0.6) is 0 Å². The van der Waals surface area contributed by atoms with E-state index in [2.05, 4.69) is 15.6 Å². The van der Waals surface area contributed by atoms with Crippen LogP contribution in [0.15, 0.2) is 18.3 Å². The molecule has 8 heteroatoms. The normalized spacial score (nSPS) is 21.3. The molecule has 0 saturated heterocycles. The van der Waals surface area contributed by atoms with Crippen LogP contribution in [0.3, 0.4) is 0 Å². The molecule has 2 amide bonds. The maximum Gasteiger partial charge on any atom is 0.326 e. The van der Waals surface area contributed by atoms with Crippen LogP contribution in [0.2, 0.25) is 0 Å². The van der Waals surface area contributed by atoms with Gasteiger partial charge in [-0.1, -0.05) is 0 Å². The summed E-state index contributed by atoms with van der Waals surface area (Å²) in [7, 11) is 0. The smallest absolute Gasteiger partial charge is 0.326 e. The minimum Gasteiger partial charge on any atom is -0.480 e. The number of amides is 2. The molecule has 1 atom stereocenters. The lowest BCUT2D eigenvalue weighted by molar-refractivity contribution is -0.142. The van der Waals surface area contributed by atoms with E-state index < -0.39 is 12.0 Å². The number of aromatic amines is 1. The van der Waals surface area contributed by atoms with E-state index in [1.54, 1.807) is 30.1 Å². The van der Waals surface area contributed by atoms with E-state index in [0.29, 0.717) is 43.6 Å². The first-order valence-corrected chi connectivity index (χ1v) is 9.87. The Balaban J connectivity index is 1.77. The van der Waals surface area contributed by atoms with Gasteiger partial charge in [-0.25, -0.2) is 4.79 Å². The Kier molecular flexibility index (Phi) is 7.36. The van der Waals surface area contributed by atoms with Crippen molar-refractivity contribution < 1.29 is 19.5 Å². The second-order valence-corrected chi connectivity index (χ2v) is 7.27. The molecular weight excluding hydrogens is 342 g/mol. The standard InChI is InChI=1S/C17H25N3O4S/c1-25-10-8-14(17(23)24)20-15(21)11-4-6-12(7-5-11)19-16(22)13-3-2-9-18-13/h2-3,9,11-12,14,18H,4-8,10H2,1H3,(H,19,22)(H,20,21)(H,23,24)/t11?,12?,14-/m0/s1. The van der Waals surface area contributed by atoms with Crippen LogP contribution in [0.1, 0.15) is 42.6 Å². The van der Waals surface area contributed by atoms with Crippen LogP contribution in [0, 0.1) is 5.92 Å². The van der Waals surface area contributed by atoms with Crippen molar-refractivity contribution in [1.29, 1.82) is 0 Å². The van der Waals surface area contributed by atoms with Crippen molar-refractivity contribution in [2.24, 2.45) is 5.92 Å². The number of nitrogens with one attached hydrogen (secondary N) is 3. The third-order valence-corrected chi connectivity index (χ3v) is 5.14. The third kappa shape index (κ3) is 5.81. The van der Waals surface area contributed by atoms with Crippen molar-refractivity contribution in [3.63, 3.8) is 0 Å². The first-order valence-electron chi connectivity index (χ1n) is 8.47. The Morgan fingerprint density at radius 2 is 2.04 bits per heavy atom. The van der Waals surface area contributed by atoms with Gasteiger partial charge in [0.1, 0.15) is 11.7 Å². The monoisotopic (exact) mass is 367 g/mol. The van der Waals surface area contributed by atoms with Gasteiger partial charge in [-0.05, 0) is 56.2 Å². The molecule has 25 heavy (non-hydrogen) atoms. The number of carboxylic acid groups (broad SMARTS) is 1. The first kappa shape index (κ1) is 19.4. The minimum atomic E-state index is -0.991. The highest BCUT2D eigenvalue weighted by Crippen LogP contribution is 2.25. The number of hydrogen-bond acceptors (Lipinski definition) is 4. The molecule has 1 saturated carbocycles. The lowest BCUT2D eigenvalue weighted by atomic mass is 9.85. The van der Waals surface area contributed by atoms with E-state index in [9.17, 15) is 19.5 Å². The minimum absolute atomic E-state index is 0.0478. The predicted molar refractivity (Wildman–Crippen MR) is 96.6 cm³/mol. The van der Waals surface area contributed by atoms with Crippen LogP contribution in [0.25, 0.3) is 0 Å². The van der Waals surface area contributed by atoms with E-state index in [-0.39, 0.29) is 23.8 Å². The Labute approximate surface area is 151 Å². The van der Waals surface area contributed by atoms with Crippen LogP contribution in [0.4, 0.5) is 0 Å². The molecule has 0 spiro atoms. The average molecular weight is 367 g/mol. The van der Waals surface area contributed by atoms with Crippen molar-refractivity contribution in [3.05, 3.63) is 24.0 Å². The summed E-state index contributed by atoms with van der Waals surface area (Å²) in [6.07, 6.45) is 6.76. The molecule has 1 heterocycles. The molecular formula is C17H25N3O4S. The molecule has 7 nitrogen and oxygen atoms in total. The zero-order chi connectivity index (χ0) is 18.2. The summed E-state index contributed by atoms with van der Waals surface area (Å²) in [5.41, 5.74) is 0.526. The van der Waals surface area contributed by atoms with Crippen molar-refractivity contribution in [1.82, 2.24) is 15.6 Å². The van der Waals surface area contributed by atoms with Crippen LogP contribution in [-0.2, 0) is 9.59 Å². The van der Waals surface area contributed by atoms with Crippen molar-refractivity contribution in [2.75, 3.05) is 12.0 Å². The van der Waals surface area contributed by atoms with Gasteiger partial charge in [0.25, 0.3) is 5.91 Å². The fraction of sp³-hybridized carbons (Fsp3) is 0.588. The summed E-state index contributed by atoms with van der Waals surface area (Å²) in [5.74, 6) is -0.818. The number of rotatable bonds is 8. The lowest BCUT2D eigenvalue weighted by Gasteiger charge is -2.29. The Morgan fingerprint density at radius 1 is 1.32 bits per heavy atom. The van der Waals surface area contributed by atoms with Crippen molar-refractivity contribution in [3.8, 4) is 0 Å². The number of aromatic nitrogens is 1. The number of H-pyrrole nitrogens is 1. The highest BCUT2D eigenvalue weighted by atomic mass is 32.2. The molecule has 138 valence electrons. The fourth-order valence-corrected chi connectivity index (χ4v) is 3.49. The quantitative estimate of drug-likeness (QED) is 0.558. The Morgan fingerprint density at radius 3 is 2.60 bits per heavy atom. The Bertz CT molecular complexity index is 583. The van der Waals surface area contributed by atoms with Gasteiger partial charge >= 0.3 is 5.97 Å². The second kappa shape index (κ2) is 9.50. The number of thioether (sulfide) groups is 1. The summed E-state index contributed by atoms with van der Waals surface area (Å²) < 4.78 is 0. The largest absolute Gasteiger partial charge is 0.480 e. The molecule has 2 rings (SSSR count). The molecule has 4 N–H and O–H groups in total. The van der Waals surface area contributed by atoms with Crippen molar-refractivity contribution >= 4 is 29.5 Å². The zero-order valence-corrected chi connectivity index (χ0v) is 15.1. The van der Waals surface area contributed by atoms with E-state index in [1.807, 2.05) is 6.26 Å². The second-order valence-electron chi connectivity index (χ2n) is 6.29. The van der Waals surface area contributed by atoms with Crippen LogP contribution >= 0.6 is 11.8 Å². The highest BCUT2D eigenvalue weighted by Gasteiger charge is 2.29. The van der Waals surface area contributed by atoms with Gasteiger partial charge < -0.3 is 20.7 Å².